The zero-order valence-corrected chi connectivity index (χ0v) is 32.4. The lowest BCUT2D eigenvalue weighted by Gasteiger charge is -2.36. The van der Waals surface area contributed by atoms with E-state index in [1.165, 1.54) is 40.4 Å². The SMILES string of the molecule is C#Cc1c(F)ccc2cc(O)cc(-c3ncc4c(N5CCCCCN5C(=O)OC(C)(C)C)nc(OCC56CCCN5C(COC(=O)N(C)C)CC6)nc4c3F)c12. The quantitative estimate of drug-likeness (QED) is 0.194. The molecule has 3 aliphatic rings. The number of amides is 2. The van der Waals surface area contributed by atoms with Crippen LogP contribution in [0.2, 0.25) is 0 Å². The molecule has 0 spiro atoms. The van der Waals surface area contributed by atoms with E-state index in [-0.39, 0.29) is 75.5 Å². The molecule has 2 amide bonds. The maximum atomic E-state index is 17.2. The molecule has 296 valence electrons. The predicted octanol–water partition coefficient (Wildman–Crippen LogP) is 7.03. The first-order valence-corrected chi connectivity index (χ1v) is 19.0. The Morgan fingerprint density at radius 2 is 1.86 bits per heavy atom. The molecule has 3 saturated heterocycles. The lowest BCUT2D eigenvalue weighted by Crippen LogP contribution is -2.49. The summed E-state index contributed by atoms with van der Waals surface area (Å²) in [5.41, 5.74) is -1.56. The third-order valence-corrected chi connectivity index (χ3v) is 10.7. The average Bonchev–Trinajstić information content (AvgIpc) is 3.61. The fraction of sp³-hybridized carbons (Fsp3) is 0.488. The highest BCUT2D eigenvalue weighted by Crippen LogP contribution is 2.44. The summed E-state index contributed by atoms with van der Waals surface area (Å²) in [6.45, 7) is 7.29. The van der Waals surface area contributed by atoms with Gasteiger partial charge in [-0.05, 0) is 95.8 Å². The lowest BCUT2D eigenvalue weighted by molar-refractivity contribution is 0.0231. The molecule has 15 heteroatoms. The van der Waals surface area contributed by atoms with E-state index in [4.69, 9.17) is 25.6 Å². The fourth-order valence-corrected chi connectivity index (χ4v) is 8.17. The van der Waals surface area contributed by atoms with Gasteiger partial charge in [0.25, 0.3) is 0 Å². The van der Waals surface area contributed by atoms with E-state index in [1.54, 1.807) is 39.9 Å². The molecule has 7 rings (SSSR count). The number of carbonyl (C=O) groups is 2. The van der Waals surface area contributed by atoms with Crippen molar-refractivity contribution in [3.05, 3.63) is 47.7 Å². The van der Waals surface area contributed by atoms with Gasteiger partial charge < -0.3 is 24.2 Å². The zero-order chi connectivity index (χ0) is 39.9. The number of fused-ring (bicyclic) bond motifs is 3. The van der Waals surface area contributed by atoms with E-state index >= 15 is 8.78 Å². The largest absolute Gasteiger partial charge is 0.508 e. The van der Waals surface area contributed by atoms with Crippen LogP contribution in [0, 0.1) is 24.0 Å². The zero-order valence-electron chi connectivity index (χ0n) is 32.4. The first-order chi connectivity index (χ1) is 26.7. The molecule has 0 saturated carbocycles. The summed E-state index contributed by atoms with van der Waals surface area (Å²) < 4.78 is 50.1. The van der Waals surface area contributed by atoms with Crippen LogP contribution in [0.1, 0.15) is 71.3 Å². The van der Waals surface area contributed by atoms with Crippen LogP contribution < -0.4 is 9.75 Å². The number of carbonyl (C=O) groups excluding carboxylic acids is 2. The third kappa shape index (κ3) is 7.42. The topological polar surface area (TPSA) is 134 Å². The van der Waals surface area contributed by atoms with Crippen molar-refractivity contribution >= 4 is 39.7 Å². The Morgan fingerprint density at radius 1 is 1.07 bits per heavy atom. The van der Waals surface area contributed by atoms with Crippen LogP contribution in [-0.4, -0.2) is 111 Å². The van der Waals surface area contributed by atoms with Crippen LogP contribution in [0.5, 0.6) is 11.8 Å². The van der Waals surface area contributed by atoms with Gasteiger partial charge in [0.2, 0.25) is 0 Å². The maximum Gasteiger partial charge on any atom is 0.429 e. The molecule has 0 radical (unpaired) electrons. The second-order valence-corrected chi connectivity index (χ2v) is 15.9. The molecule has 0 aliphatic carbocycles. The normalized spacial score (nSPS) is 20.1. The van der Waals surface area contributed by atoms with Crippen molar-refractivity contribution < 1.29 is 37.7 Å². The number of phenolic OH excluding ortho intramolecular Hbond substituents is 1. The van der Waals surface area contributed by atoms with Gasteiger partial charge in [-0.2, -0.15) is 9.97 Å². The van der Waals surface area contributed by atoms with E-state index in [9.17, 15) is 14.7 Å². The van der Waals surface area contributed by atoms with Gasteiger partial charge in [0, 0.05) is 50.4 Å². The second-order valence-electron chi connectivity index (χ2n) is 15.9. The number of aromatic nitrogens is 3. The molecule has 2 unspecified atom stereocenters. The molecule has 2 atom stereocenters. The molecule has 3 fully saturated rings. The highest BCUT2D eigenvalue weighted by molar-refractivity contribution is 6.03. The predicted molar refractivity (Wildman–Crippen MR) is 206 cm³/mol. The van der Waals surface area contributed by atoms with Crippen molar-refractivity contribution in [2.45, 2.75) is 82.9 Å². The van der Waals surface area contributed by atoms with Gasteiger partial charge >= 0.3 is 18.2 Å². The van der Waals surface area contributed by atoms with Crippen LogP contribution >= 0.6 is 0 Å². The van der Waals surface area contributed by atoms with Crippen molar-refractivity contribution in [3.63, 3.8) is 0 Å². The molecule has 56 heavy (non-hydrogen) atoms. The minimum atomic E-state index is -0.877. The minimum absolute atomic E-state index is 0.0125. The van der Waals surface area contributed by atoms with Gasteiger partial charge in [0.15, 0.2) is 11.6 Å². The number of rotatable bonds is 7. The van der Waals surface area contributed by atoms with E-state index < -0.39 is 29.4 Å². The molecule has 13 nitrogen and oxygen atoms in total. The number of hydrogen-bond acceptors (Lipinski definition) is 11. The number of terminal acetylenes is 1. The van der Waals surface area contributed by atoms with Crippen LogP contribution in [0.25, 0.3) is 32.9 Å². The summed E-state index contributed by atoms with van der Waals surface area (Å²) >= 11 is 0. The number of nitrogens with zero attached hydrogens (tertiary/aromatic N) is 7. The van der Waals surface area contributed by atoms with Crippen molar-refractivity contribution in [3.8, 4) is 35.4 Å². The number of halogens is 2. The van der Waals surface area contributed by atoms with E-state index in [2.05, 4.69) is 20.8 Å². The Hall–Kier alpha value is -5.49. The molecule has 2 aromatic heterocycles. The third-order valence-electron chi connectivity index (χ3n) is 10.7. The van der Waals surface area contributed by atoms with Crippen molar-refractivity contribution in [2.75, 3.05) is 52.0 Å². The Bertz CT molecular complexity index is 2220. The molecule has 0 bridgehead atoms. The number of ether oxygens (including phenoxy) is 3. The second kappa shape index (κ2) is 15.2. The maximum absolute atomic E-state index is 17.2. The van der Waals surface area contributed by atoms with Gasteiger partial charge in [0.1, 0.15) is 41.6 Å². The number of benzene rings is 2. The Kier molecular flexibility index (Phi) is 10.5. The van der Waals surface area contributed by atoms with E-state index in [0.29, 0.717) is 31.3 Å². The minimum Gasteiger partial charge on any atom is -0.508 e. The molecular weight excluding hydrogens is 724 g/mol. The van der Waals surface area contributed by atoms with Crippen LogP contribution in [-0.2, 0) is 9.47 Å². The van der Waals surface area contributed by atoms with E-state index in [0.717, 1.165) is 38.6 Å². The van der Waals surface area contributed by atoms with Crippen molar-refractivity contribution in [1.82, 2.24) is 29.8 Å². The summed E-state index contributed by atoms with van der Waals surface area (Å²) in [7, 11) is 3.28. The van der Waals surface area contributed by atoms with Gasteiger partial charge in [0.05, 0.1) is 16.5 Å². The highest BCUT2D eigenvalue weighted by Gasteiger charge is 2.50. The van der Waals surface area contributed by atoms with E-state index in [1.807, 2.05) is 0 Å². The Morgan fingerprint density at radius 3 is 2.61 bits per heavy atom. The van der Waals surface area contributed by atoms with Gasteiger partial charge in [-0.15, -0.1) is 6.42 Å². The lowest BCUT2D eigenvalue weighted by atomic mass is 9.95. The number of anilines is 1. The Balaban J connectivity index is 1.33. The summed E-state index contributed by atoms with van der Waals surface area (Å²) in [5.74, 6) is 0.818. The first-order valence-electron chi connectivity index (χ1n) is 19.0. The Labute approximate surface area is 324 Å². The summed E-state index contributed by atoms with van der Waals surface area (Å²) in [5, 5.41) is 14.6. The van der Waals surface area contributed by atoms with Gasteiger partial charge in [-0.1, -0.05) is 12.0 Å². The molecule has 4 aromatic rings. The highest BCUT2D eigenvalue weighted by atomic mass is 19.1. The number of pyridine rings is 1. The standard InChI is InChI=1S/C41H47F2N7O6/c1-7-28-31(42)13-12-25-20-27(51)21-29(32(25)28)34-33(43)35-30(22-44-34)36(49-18-9-8-10-19-50(49)39(53)56-40(2,3)4)46-37(45-35)55-24-41-15-11-17-48(41)26(14-16-41)23-54-38(52)47(5)6/h1,12-13,20-22,26,51H,8-11,14-19,23-24H2,2-6H3. The van der Waals surface area contributed by atoms with Gasteiger partial charge in [-0.25, -0.2) is 23.4 Å². The molecule has 3 aliphatic heterocycles. The molecular formula is C41H47F2N7O6. The average molecular weight is 772 g/mol. The van der Waals surface area contributed by atoms with Crippen molar-refractivity contribution in [2.24, 2.45) is 0 Å². The monoisotopic (exact) mass is 771 g/mol. The summed E-state index contributed by atoms with van der Waals surface area (Å²) in [4.78, 5) is 43.6. The number of hydrazine groups is 1. The van der Waals surface area contributed by atoms with Crippen LogP contribution in [0.4, 0.5) is 24.2 Å². The first kappa shape index (κ1) is 38.8. The summed E-state index contributed by atoms with van der Waals surface area (Å²) in [6.07, 6.45) is 11.8. The molecule has 5 heterocycles. The van der Waals surface area contributed by atoms with Crippen LogP contribution in [0.3, 0.4) is 0 Å². The fourth-order valence-electron chi connectivity index (χ4n) is 8.17. The van der Waals surface area contributed by atoms with Crippen LogP contribution in [0.15, 0.2) is 30.5 Å². The number of hydrogen-bond donors (Lipinski definition) is 1. The molecule has 1 N–H and O–H groups in total. The molecule has 2 aromatic carbocycles. The summed E-state index contributed by atoms with van der Waals surface area (Å²) in [6, 6.07) is 5.25. The van der Waals surface area contributed by atoms with Gasteiger partial charge in [-0.3, -0.25) is 14.9 Å². The van der Waals surface area contributed by atoms with Crippen molar-refractivity contribution in [1.29, 1.82) is 0 Å². The smallest absolute Gasteiger partial charge is 0.429 e. The number of phenols is 1. The number of aromatic hydroxyl groups is 1.